The zero-order valence-electron chi connectivity index (χ0n) is 10.7. The fourth-order valence-electron chi connectivity index (χ4n) is 2.06. The Bertz CT molecular complexity index is 722. The number of nitrogen functional groups attached to an aromatic ring is 1. The fourth-order valence-corrected chi connectivity index (χ4v) is 2.22. The van der Waals surface area contributed by atoms with Crippen molar-refractivity contribution in [1.82, 2.24) is 14.5 Å². The Morgan fingerprint density at radius 3 is 2.70 bits per heavy atom. The van der Waals surface area contributed by atoms with Gasteiger partial charge in [-0.3, -0.25) is 0 Å². The molecule has 0 fully saturated rings. The molecule has 100 valence electrons. The van der Waals surface area contributed by atoms with Gasteiger partial charge in [-0.15, -0.1) is 0 Å². The molecule has 0 aliphatic rings. The highest BCUT2D eigenvalue weighted by Gasteiger charge is 2.09. The number of hydrogen-bond donors (Lipinski definition) is 1. The Labute approximate surface area is 121 Å². The highest BCUT2D eigenvalue weighted by molar-refractivity contribution is 6.31. The van der Waals surface area contributed by atoms with Crippen LogP contribution in [0.25, 0.3) is 11.4 Å². The van der Waals surface area contributed by atoms with Crippen molar-refractivity contribution in [2.24, 2.45) is 0 Å². The second kappa shape index (κ2) is 5.35. The predicted octanol–water partition coefficient (Wildman–Crippen LogP) is 3.23. The van der Waals surface area contributed by atoms with Crippen LogP contribution in [0.15, 0.2) is 54.9 Å². The first kappa shape index (κ1) is 12.7. The molecule has 0 atom stereocenters. The number of halogens is 1. The molecule has 0 bridgehead atoms. The van der Waals surface area contributed by atoms with Crippen molar-refractivity contribution in [3.05, 3.63) is 65.6 Å². The highest BCUT2D eigenvalue weighted by Crippen LogP contribution is 2.21. The van der Waals surface area contributed by atoms with Crippen LogP contribution in [0.5, 0.6) is 0 Å². The largest absolute Gasteiger partial charge is 0.384 e. The summed E-state index contributed by atoms with van der Waals surface area (Å²) < 4.78 is 2.00. The predicted molar refractivity (Wildman–Crippen MR) is 80.4 cm³/mol. The lowest BCUT2D eigenvalue weighted by Gasteiger charge is -2.09. The van der Waals surface area contributed by atoms with Gasteiger partial charge in [0.15, 0.2) is 0 Å². The van der Waals surface area contributed by atoms with Crippen molar-refractivity contribution in [2.75, 3.05) is 5.73 Å². The number of hydrogen-bond acceptors (Lipinski definition) is 3. The standard InChI is InChI=1S/C15H13ClN4/c16-12-6-7-14(17)19-13(12)10-20-9-8-18-15(20)11-4-2-1-3-5-11/h1-9H,10H2,(H2,17,19). The van der Waals surface area contributed by atoms with Crippen molar-refractivity contribution in [3.63, 3.8) is 0 Å². The smallest absolute Gasteiger partial charge is 0.140 e. The van der Waals surface area contributed by atoms with Crippen LogP contribution < -0.4 is 5.73 Å². The molecule has 3 aromatic rings. The van der Waals surface area contributed by atoms with E-state index in [0.29, 0.717) is 17.4 Å². The summed E-state index contributed by atoms with van der Waals surface area (Å²) in [4.78, 5) is 8.68. The molecule has 5 heteroatoms. The molecule has 4 nitrogen and oxygen atoms in total. The summed E-state index contributed by atoms with van der Waals surface area (Å²) in [6, 6.07) is 13.4. The van der Waals surface area contributed by atoms with E-state index < -0.39 is 0 Å². The molecule has 0 aliphatic heterocycles. The first-order valence-electron chi connectivity index (χ1n) is 6.21. The van der Waals surface area contributed by atoms with Gasteiger partial charge in [0, 0.05) is 18.0 Å². The molecule has 20 heavy (non-hydrogen) atoms. The maximum atomic E-state index is 6.16. The SMILES string of the molecule is Nc1ccc(Cl)c(Cn2ccnc2-c2ccccc2)n1. The molecule has 0 unspecified atom stereocenters. The van der Waals surface area contributed by atoms with E-state index in [4.69, 9.17) is 17.3 Å². The Balaban J connectivity index is 1.97. The maximum Gasteiger partial charge on any atom is 0.140 e. The van der Waals surface area contributed by atoms with E-state index in [1.807, 2.05) is 41.1 Å². The second-order valence-corrected chi connectivity index (χ2v) is 4.82. The minimum absolute atomic E-state index is 0.464. The van der Waals surface area contributed by atoms with E-state index in [1.54, 1.807) is 18.3 Å². The third-order valence-corrected chi connectivity index (χ3v) is 3.35. The number of nitrogens with zero attached hydrogens (tertiary/aromatic N) is 3. The third kappa shape index (κ3) is 2.51. The summed E-state index contributed by atoms with van der Waals surface area (Å²) in [5, 5.41) is 0.604. The Kier molecular flexibility index (Phi) is 3.39. The van der Waals surface area contributed by atoms with E-state index in [1.165, 1.54) is 0 Å². The minimum atomic E-state index is 0.464. The number of aromatic nitrogens is 3. The Morgan fingerprint density at radius 1 is 1.10 bits per heavy atom. The van der Waals surface area contributed by atoms with Gasteiger partial charge in [-0.1, -0.05) is 41.9 Å². The molecular formula is C15H13ClN4. The minimum Gasteiger partial charge on any atom is -0.384 e. The van der Waals surface area contributed by atoms with Crippen molar-refractivity contribution in [3.8, 4) is 11.4 Å². The second-order valence-electron chi connectivity index (χ2n) is 4.41. The van der Waals surface area contributed by atoms with Crippen molar-refractivity contribution in [2.45, 2.75) is 6.54 Å². The molecule has 0 spiro atoms. The van der Waals surface area contributed by atoms with E-state index >= 15 is 0 Å². The zero-order chi connectivity index (χ0) is 13.9. The number of anilines is 1. The van der Waals surface area contributed by atoms with Crippen molar-refractivity contribution < 1.29 is 0 Å². The maximum absolute atomic E-state index is 6.16. The number of imidazole rings is 1. The van der Waals surface area contributed by atoms with Crippen LogP contribution in [0, 0.1) is 0 Å². The molecule has 2 heterocycles. The number of nitrogens with two attached hydrogens (primary N) is 1. The van der Waals surface area contributed by atoms with Gasteiger partial charge in [0.25, 0.3) is 0 Å². The van der Waals surface area contributed by atoms with Gasteiger partial charge in [-0.2, -0.15) is 0 Å². The molecule has 0 amide bonds. The average molecular weight is 285 g/mol. The molecule has 0 radical (unpaired) electrons. The molecule has 1 aromatic carbocycles. The normalized spacial score (nSPS) is 10.7. The van der Waals surface area contributed by atoms with Crippen LogP contribution in [0.2, 0.25) is 5.02 Å². The lowest BCUT2D eigenvalue weighted by atomic mass is 10.2. The molecular weight excluding hydrogens is 272 g/mol. The summed E-state index contributed by atoms with van der Waals surface area (Å²) in [5.74, 6) is 1.34. The molecule has 2 aromatic heterocycles. The Hall–Kier alpha value is -2.33. The monoisotopic (exact) mass is 284 g/mol. The van der Waals surface area contributed by atoms with Gasteiger partial charge in [0.2, 0.25) is 0 Å². The lowest BCUT2D eigenvalue weighted by Crippen LogP contribution is -2.05. The Morgan fingerprint density at radius 2 is 1.90 bits per heavy atom. The summed E-state index contributed by atoms with van der Waals surface area (Å²) in [6.45, 7) is 0.536. The summed E-state index contributed by atoms with van der Waals surface area (Å²) in [5.41, 5.74) is 7.50. The first-order valence-corrected chi connectivity index (χ1v) is 6.59. The zero-order valence-corrected chi connectivity index (χ0v) is 11.5. The van der Waals surface area contributed by atoms with Crippen LogP contribution in [-0.2, 0) is 6.54 Å². The van der Waals surface area contributed by atoms with Crippen LogP contribution in [0.1, 0.15) is 5.69 Å². The van der Waals surface area contributed by atoms with Crippen molar-refractivity contribution >= 4 is 17.4 Å². The fraction of sp³-hybridized carbons (Fsp3) is 0.0667. The highest BCUT2D eigenvalue weighted by atomic mass is 35.5. The van der Waals surface area contributed by atoms with Crippen LogP contribution in [0.3, 0.4) is 0 Å². The van der Waals surface area contributed by atoms with Gasteiger partial charge in [-0.05, 0) is 12.1 Å². The van der Waals surface area contributed by atoms with Gasteiger partial charge in [0.1, 0.15) is 11.6 Å². The molecule has 2 N–H and O–H groups in total. The molecule has 0 saturated carbocycles. The van der Waals surface area contributed by atoms with Gasteiger partial charge in [0.05, 0.1) is 17.3 Å². The van der Waals surface area contributed by atoms with E-state index in [-0.39, 0.29) is 0 Å². The lowest BCUT2D eigenvalue weighted by molar-refractivity contribution is 0.783. The summed E-state index contributed by atoms with van der Waals surface area (Å²) in [6.07, 6.45) is 3.67. The number of rotatable bonds is 3. The van der Waals surface area contributed by atoms with E-state index in [2.05, 4.69) is 9.97 Å². The quantitative estimate of drug-likeness (QED) is 0.803. The first-order chi connectivity index (χ1) is 9.74. The summed E-state index contributed by atoms with van der Waals surface area (Å²) in [7, 11) is 0. The molecule has 0 aliphatic carbocycles. The third-order valence-electron chi connectivity index (χ3n) is 3.01. The average Bonchev–Trinajstić information content (AvgIpc) is 2.92. The van der Waals surface area contributed by atoms with E-state index in [0.717, 1.165) is 17.1 Å². The van der Waals surface area contributed by atoms with Crippen LogP contribution >= 0.6 is 11.6 Å². The van der Waals surface area contributed by atoms with Gasteiger partial charge in [-0.25, -0.2) is 9.97 Å². The molecule has 0 saturated heterocycles. The van der Waals surface area contributed by atoms with Crippen molar-refractivity contribution in [1.29, 1.82) is 0 Å². The number of pyridine rings is 1. The molecule has 3 rings (SSSR count). The topological polar surface area (TPSA) is 56.7 Å². The summed E-state index contributed by atoms with van der Waals surface area (Å²) >= 11 is 6.16. The van der Waals surface area contributed by atoms with Gasteiger partial charge >= 0.3 is 0 Å². The van der Waals surface area contributed by atoms with Crippen LogP contribution in [-0.4, -0.2) is 14.5 Å². The van der Waals surface area contributed by atoms with E-state index in [9.17, 15) is 0 Å². The number of benzene rings is 1. The van der Waals surface area contributed by atoms with Crippen LogP contribution in [0.4, 0.5) is 5.82 Å². The van der Waals surface area contributed by atoms with Gasteiger partial charge < -0.3 is 10.3 Å².